The van der Waals surface area contributed by atoms with Crippen LogP contribution < -0.4 is 9.47 Å². The molecule has 2 aromatic carbocycles. The summed E-state index contributed by atoms with van der Waals surface area (Å²) in [4.78, 5) is 25.9. The summed E-state index contributed by atoms with van der Waals surface area (Å²) in [7, 11) is 3.19. The van der Waals surface area contributed by atoms with Crippen molar-refractivity contribution >= 4 is 22.8 Å². The summed E-state index contributed by atoms with van der Waals surface area (Å²) in [5, 5.41) is 3.22. The second-order valence-corrected chi connectivity index (χ2v) is 6.57. The highest BCUT2D eigenvalue weighted by molar-refractivity contribution is 6.63. The molecule has 9 heteroatoms. The van der Waals surface area contributed by atoms with Crippen LogP contribution in [0.3, 0.4) is 0 Å². The normalized spacial score (nSPS) is 9.94. The Morgan fingerprint density at radius 3 is 2.19 bits per heavy atom. The zero-order chi connectivity index (χ0) is 22.6. The first kappa shape index (κ1) is 23.9. The lowest BCUT2D eigenvalue weighted by Crippen LogP contribution is -2.06. The highest BCUT2D eigenvalue weighted by Gasteiger charge is 2.15. The first-order chi connectivity index (χ1) is 14.9. The van der Waals surface area contributed by atoms with Crippen molar-refractivity contribution in [3.05, 3.63) is 71.4 Å². The number of nitrogens with zero attached hydrogens (tertiary/aromatic N) is 2. The van der Waals surface area contributed by atoms with Crippen molar-refractivity contribution in [3.63, 3.8) is 0 Å². The van der Waals surface area contributed by atoms with Crippen LogP contribution in [0.5, 0.6) is 11.5 Å². The molecular weight excluding hydrogens is 424 g/mol. The summed E-state index contributed by atoms with van der Waals surface area (Å²) in [6.45, 7) is 1.99. The number of rotatable bonds is 8. The van der Waals surface area contributed by atoms with Gasteiger partial charge in [0.2, 0.25) is 11.1 Å². The van der Waals surface area contributed by atoms with Gasteiger partial charge in [0, 0.05) is 6.42 Å². The van der Waals surface area contributed by atoms with Crippen LogP contribution in [0, 0.1) is 0 Å². The van der Waals surface area contributed by atoms with Crippen molar-refractivity contribution in [1.29, 1.82) is 0 Å². The van der Waals surface area contributed by atoms with E-state index in [0.29, 0.717) is 12.3 Å². The van der Waals surface area contributed by atoms with Crippen LogP contribution in [0.15, 0.2) is 53.1 Å². The molecule has 3 aromatic rings. The number of aromatic nitrogens is 2. The molecule has 0 amide bonds. The number of carbonyl (C=O) groups is 2. The molecule has 0 fully saturated rings. The summed E-state index contributed by atoms with van der Waals surface area (Å²) in [6, 6.07) is 14.8. The molecule has 0 aliphatic rings. The van der Waals surface area contributed by atoms with E-state index in [1.807, 2.05) is 42.5 Å². The number of esters is 1. The Morgan fingerprint density at radius 1 is 1.00 bits per heavy atom. The van der Waals surface area contributed by atoms with Crippen LogP contribution in [0.1, 0.15) is 34.6 Å². The molecule has 0 saturated carbocycles. The van der Waals surface area contributed by atoms with Gasteiger partial charge >= 0.3 is 5.97 Å². The van der Waals surface area contributed by atoms with Crippen molar-refractivity contribution in [2.75, 3.05) is 20.8 Å². The average molecular weight is 447 g/mol. The van der Waals surface area contributed by atoms with Crippen LogP contribution in [0.4, 0.5) is 0 Å². The first-order valence-corrected chi connectivity index (χ1v) is 9.76. The summed E-state index contributed by atoms with van der Waals surface area (Å²) in [6.07, 6.45) is 0.683. The molecule has 31 heavy (non-hydrogen) atoms. The molecule has 1 heterocycles. The zero-order valence-electron chi connectivity index (χ0n) is 17.5. The number of benzene rings is 2. The fourth-order valence-electron chi connectivity index (χ4n) is 2.51. The van der Waals surface area contributed by atoms with Gasteiger partial charge in [0.25, 0.3) is 5.82 Å². The fourth-order valence-corrected chi connectivity index (χ4v) is 2.66. The minimum Gasteiger partial charge on any atom is -0.497 e. The predicted molar refractivity (Wildman–Crippen MR) is 114 cm³/mol. The van der Waals surface area contributed by atoms with E-state index in [9.17, 15) is 9.59 Å². The lowest BCUT2D eigenvalue weighted by molar-refractivity contribution is -0.111. The summed E-state index contributed by atoms with van der Waals surface area (Å²) >= 11 is 5.23. The van der Waals surface area contributed by atoms with E-state index in [2.05, 4.69) is 10.1 Å². The molecule has 0 aliphatic carbocycles. The van der Waals surface area contributed by atoms with Gasteiger partial charge in [-0.1, -0.05) is 24.3 Å². The fraction of sp³-hybridized carbons (Fsp3) is 0.273. The second kappa shape index (κ2) is 12.3. The van der Waals surface area contributed by atoms with Gasteiger partial charge in [-0.25, -0.2) is 4.79 Å². The molecule has 0 unspecified atom stereocenters. The number of halogens is 1. The van der Waals surface area contributed by atoms with E-state index < -0.39 is 5.97 Å². The van der Waals surface area contributed by atoms with Crippen molar-refractivity contribution in [2.45, 2.75) is 19.8 Å². The molecule has 1 aromatic heterocycles. The maximum atomic E-state index is 11.4. The molecule has 3 rings (SSSR count). The van der Waals surface area contributed by atoms with Gasteiger partial charge in [0.15, 0.2) is 0 Å². The third kappa shape index (κ3) is 8.10. The zero-order valence-corrected chi connectivity index (χ0v) is 18.2. The maximum Gasteiger partial charge on any atom is 0.379 e. The molecular formula is C22H23ClN2O6. The minimum atomic E-state index is -0.580. The number of ether oxygens (including phenoxy) is 3. The van der Waals surface area contributed by atoms with E-state index >= 15 is 0 Å². The monoisotopic (exact) mass is 446 g/mol. The highest BCUT2D eigenvalue weighted by atomic mass is 35.5. The SMILES string of the molecule is CCOC(=O)c1noc(Cc2cccc(OC)c2)n1.COc1cccc(CC(=O)Cl)c1. The summed E-state index contributed by atoms with van der Waals surface area (Å²) < 4.78 is 19.9. The van der Waals surface area contributed by atoms with Gasteiger partial charge < -0.3 is 18.7 Å². The summed E-state index contributed by atoms with van der Waals surface area (Å²) in [5.41, 5.74) is 1.83. The maximum absolute atomic E-state index is 11.4. The minimum absolute atomic E-state index is 0.0558. The Bertz CT molecular complexity index is 1000. The van der Waals surface area contributed by atoms with E-state index in [-0.39, 0.29) is 24.1 Å². The average Bonchev–Trinajstić information content (AvgIpc) is 3.23. The molecule has 0 radical (unpaired) electrons. The Labute approximate surface area is 185 Å². The lowest BCUT2D eigenvalue weighted by atomic mass is 10.1. The van der Waals surface area contributed by atoms with Crippen molar-refractivity contribution in [3.8, 4) is 11.5 Å². The molecule has 0 atom stereocenters. The van der Waals surface area contributed by atoms with E-state index in [0.717, 1.165) is 22.6 Å². The number of hydrogen-bond donors (Lipinski definition) is 0. The number of hydrogen-bond acceptors (Lipinski definition) is 8. The quantitative estimate of drug-likeness (QED) is 0.380. The third-order valence-corrected chi connectivity index (χ3v) is 4.03. The van der Waals surface area contributed by atoms with Crippen molar-refractivity contribution in [2.24, 2.45) is 0 Å². The van der Waals surface area contributed by atoms with E-state index in [1.165, 1.54) is 0 Å². The van der Waals surface area contributed by atoms with Crippen LogP contribution >= 0.6 is 11.6 Å². The van der Waals surface area contributed by atoms with Crippen LogP contribution in [0.2, 0.25) is 0 Å². The van der Waals surface area contributed by atoms with Gasteiger partial charge in [0.1, 0.15) is 11.5 Å². The predicted octanol–water partition coefficient (Wildman–Crippen LogP) is 3.85. The van der Waals surface area contributed by atoms with Crippen LogP contribution in [-0.2, 0) is 22.4 Å². The molecule has 0 spiro atoms. The standard InChI is InChI=1S/C13H14N2O4.C9H9ClO2/c1-3-18-13(16)12-14-11(19-15-12)8-9-5-4-6-10(7-9)17-2;1-12-8-4-2-3-7(5-8)6-9(10)11/h4-7H,3,8H2,1-2H3;2-5H,6H2,1H3. The molecule has 0 N–H and O–H groups in total. The largest absolute Gasteiger partial charge is 0.497 e. The second-order valence-electron chi connectivity index (χ2n) is 6.14. The van der Waals surface area contributed by atoms with Crippen molar-refractivity contribution < 1.29 is 28.3 Å². The number of carbonyl (C=O) groups excluding carboxylic acids is 2. The molecule has 0 bridgehead atoms. The number of methoxy groups -OCH3 is 2. The highest BCUT2D eigenvalue weighted by Crippen LogP contribution is 2.15. The molecule has 8 nitrogen and oxygen atoms in total. The van der Waals surface area contributed by atoms with Crippen LogP contribution in [-0.4, -0.2) is 42.2 Å². The smallest absolute Gasteiger partial charge is 0.379 e. The van der Waals surface area contributed by atoms with Gasteiger partial charge in [0.05, 0.1) is 27.2 Å². The molecule has 0 saturated heterocycles. The summed E-state index contributed by atoms with van der Waals surface area (Å²) in [5.74, 6) is 1.22. The third-order valence-electron chi connectivity index (χ3n) is 3.89. The Morgan fingerprint density at radius 2 is 1.61 bits per heavy atom. The first-order valence-electron chi connectivity index (χ1n) is 9.39. The Balaban J connectivity index is 0.000000245. The van der Waals surface area contributed by atoms with Gasteiger partial charge in [-0.05, 0) is 59.1 Å². The van der Waals surface area contributed by atoms with Gasteiger partial charge in [-0.2, -0.15) is 4.98 Å². The van der Waals surface area contributed by atoms with E-state index in [4.69, 9.17) is 30.3 Å². The van der Waals surface area contributed by atoms with Gasteiger partial charge in [-0.3, -0.25) is 4.79 Å². The van der Waals surface area contributed by atoms with E-state index in [1.54, 1.807) is 27.2 Å². The van der Waals surface area contributed by atoms with Crippen LogP contribution in [0.25, 0.3) is 0 Å². The molecule has 164 valence electrons. The topological polar surface area (TPSA) is 101 Å². The lowest BCUT2D eigenvalue weighted by Gasteiger charge is -2.01. The Hall–Kier alpha value is -3.39. The van der Waals surface area contributed by atoms with Crippen molar-refractivity contribution in [1.82, 2.24) is 10.1 Å². The van der Waals surface area contributed by atoms with Gasteiger partial charge in [-0.15, -0.1) is 0 Å². The Kier molecular flexibility index (Phi) is 9.51. The molecule has 0 aliphatic heterocycles.